The second-order valence-corrected chi connectivity index (χ2v) is 4.53. The van der Waals surface area contributed by atoms with Crippen molar-refractivity contribution >= 4 is 44.7 Å². The van der Waals surface area contributed by atoms with Crippen LogP contribution in [0.2, 0.25) is 0 Å². The van der Waals surface area contributed by atoms with E-state index in [0.29, 0.717) is 0 Å². The third-order valence-electron chi connectivity index (χ3n) is 1.78. The minimum atomic E-state index is -0.191. The molecule has 0 saturated carbocycles. The molecule has 0 radical (unpaired) electrons. The lowest BCUT2D eigenvalue weighted by Crippen LogP contribution is -2.20. The number of thiocarbonyl (C=S) groups is 1. The number of hydrogen-bond acceptors (Lipinski definition) is 2. The fraction of sp³-hybridized carbons (Fsp3) is 0.200. The Morgan fingerprint density at radius 1 is 1.60 bits per heavy atom. The number of anilines is 1. The van der Waals surface area contributed by atoms with Gasteiger partial charge in [0.05, 0.1) is 11.4 Å². The zero-order valence-corrected chi connectivity index (χ0v) is 10.6. The van der Waals surface area contributed by atoms with Crippen LogP contribution in [0.15, 0.2) is 22.7 Å². The number of amides is 1. The minimum absolute atomic E-state index is 0.0739. The number of carbonyl (C=O) groups is 1. The average molecular weight is 287 g/mol. The number of rotatable bonds is 3. The molecule has 0 fully saturated rings. The lowest BCUT2D eigenvalue weighted by atomic mass is 10.2. The van der Waals surface area contributed by atoms with Crippen molar-refractivity contribution in [1.29, 1.82) is 0 Å². The van der Waals surface area contributed by atoms with Crippen LogP contribution < -0.4 is 11.1 Å². The van der Waals surface area contributed by atoms with Crippen LogP contribution in [0.25, 0.3) is 0 Å². The van der Waals surface area contributed by atoms with Crippen LogP contribution in [0.1, 0.15) is 12.0 Å². The van der Waals surface area contributed by atoms with Gasteiger partial charge in [-0.25, -0.2) is 0 Å². The first kappa shape index (κ1) is 12.1. The smallest absolute Gasteiger partial charge is 0.231 e. The summed E-state index contributed by atoms with van der Waals surface area (Å²) in [5.41, 5.74) is 7.07. The first-order chi connectivity index (χ1) is 6.99. The van der Waals surface area contributed by atoms with Crippen LogP contribution in [-0.2, 0) is 4.79 Å². The molecule has 15 heavy (non-hydrogen) atoms. The quantitative estimate of drug-likeness (QED) is 0.839. The lowest BCUT2D eigenvalue weighted by molar-refractivity contribution is -0.115. The van der Waals surface area contributed by atoms with E-state index >= 15 is 0 Å². The molecule has 3 nitrogen and oxygen atoms in total. The van der Waals surface area contributed by atoms with Crippen molar-refractivity contribution in [2.75, 3.05) is 5.32 Å². The predicted octanol–water partition coefficient (Wildman–Crippen LogP) is 2.37. The first-order valence-corrected chi connectivity index (χ1v) is 5.53. The molecule has 0 atom stereocenters. The fourth-order valence-corrected chi connectivity index (χ4v) is 1.46. The molecule has 80 valence electrons. The highest BCUT2D eigenvalue weighted by Gasteiger charge is 2.04. The number of hydrogen-bond donors (Lipinski definition) is 2. The van der Waals surface area contributed by atoms with Gasteiger partial charge in [-0.1, -0.05) is 28.1 Å². The van der Waals surface area contributed by atoms with E-state index in [1.54, 1.807) is 0 Å². The van der Waals surface area contributed by atoms with E-state index in [9.17, 15) is 4.79 Å². The summed E-state index contributed by atoms with van der Waals surface area (Å²) < 4.78 is 1.01. The highest BCUT2D eigenvalue weighted by molar-refractivity contribution is 9.10. The summed E-state index contributed by atoms with van der Waals surface area (Å²) in [6.07, 6.45) is 0.0739. The van der Waals surface area contributed by atoms with Gasteiger partial charge in [-0.3, -0.25) is 4.79 Å². The molecule has 0 aromatic heterocycles. The summed E-state index contributed by atoms with van der Waals surface area (Å²) in [4.78, 5) is 11.5. The molecule has 1 aromatic rings. The molecular formula is C10H11BrN2OS. The van der Waals surface area contributed by atoms with Crippen LogP contribution in [0, 0.1) is 6.92 Å². The van der Waals surface area contributed by atoms with Gasteiger partial charge in [-0.05, 0) is 30.7 Å². The number of halogens is 1. The van der Waals surface area contributed by atoms with Gasteiger partial charge in [0.25, 0.3) is 0 Å². The monoisotopic (exact) mass is 286 g/mol. The second-order valence-electron chi connectivity index (χ2n) is 3.16. The molecule has 0 unspecified atom stereocenters. The molecule has 0 heterocycles. The molecular weight excluding hydrogens is 276 g/mol. The highest BCUT2D eigenvalue weighted by Crippen LogP contribution is 2.19. The summed E-state index contributed by atoms with van der Waals surface area (Å²) in [6, 6.07) is 5.57. The fourth-order valence-electron chi connectivity index (χ4n) is 1.09. The van der Waals surface area contributed by atoms with Gasteiger partial charge in [0.1, 0.15) is 0 Å². The number of benzene rings is 1. The molecule has 0 bridgehead atoms. The maximum absolute atomic E-state index is 11.3. The molecule has 1 rings (SSSR count). The van der Waals surface area contributed by atoms with E-state index in [1.807, 2.05) is 25.1 Å². The van der Waals surface area contributed by atoms with E-state index in [4.69, 9.17) is 5.73 Å². The Labute approximate surface area is 102 Å². The van der Waals surface area contributed by atoms with Crippen molar-refractivity contribution in [2.45, 2.75) is 13.3 Å². The van der Waals surface area contributed by atoms with Crippen LogP contribution in [0.3, 0.4) is 0 Å². The third-order valence-corrected chi connectivity index (χ3v) is 2.81. The van der Waals surface area contributed by atoms with Gasteiger partial charge in [-0.2, -0.15) is 0 Å². The van der Waals surface area contributed by atoms with Crippen molar-refractivity contribution in [2.24, 2.45) is 5.73 Å². The third kappa shape index (κ3) is 3.97. The van der Waals surface area contributed by atoms with Gasteiger partial charge in [0, 0.05) is 10.2 Å². The molecule has 0 spiro atoms. The lowest BCUT2D eigenvalue weighted by Gasteiger charge is -2.06. The number of nitrogens with two attached hydrogens (primary N) is 1. The second kappa shape index (κ2) is 5.23. The van der Waals surface area contributed by atoms with Gasteiger partial charge >= 0.3 is 0 Å². The highest BCUT2D eigenvalue weighted by atomic mass is 79.9. The molecule has 5 heteroatoms. The Morgan fingerprint density at radius 2 is 2.27 bits per heavy atom. The van der Waals surface area contributed by atoms with E-state index in [-0.39, 0.29) is 17.3 Å². The van der Waals surface area contributed by atoms with Crippen molar-refractivity contribution in [3.63, 3.8) is 0 Å². The zero-order valence-electron chi connectivity index (χ0n) is 8.21. The number of nitrogens with one attached hydrogen (secondary N) is 1. The Balaban J connectivity index is 2.69. The summed E-state index contributed by atoms with van der Waals surface area (Å²) >= 11 is 8.03. The SMILES string of the molecule is Cc1cc(NC(=O)CC(N)=S)ccc1Br. The van der Waals surface area contributed by atoms with Gasteiger partial charge < -0.3 is 11.1 Å². The van der Waals surface area contributed by atoms with Crippen LogP contribution in [0.4, 0.5) is 5.69 Å². The standard InChI is InChI=1S/C10H11BrN2OS/c1-6-4-7(2-3-8(6)11)13-10(14)5-9(12)15/h2-4H,5H2,1H3,(H2,12,15)(H,13,14). The summed E-state index contributed by atoms with van der Waals surface area (Å²) in [7, 11) is 0. The van der Waals surface area contributed by atoms with Crippen molar-refractivity contribution < 1.29 is 4.79 Å². The minimum Gasteiger partial charge on any atom is -0.393 e. The molecule has 1 aromatic carbocycles. The van der Waals surface area contributed by atoms with Gasteiger partial charge in [0.2, 0.25) is 5.91 Å². The largest absolute Gasteiger partial charge is 0.393 e. The molecule has 0 aliphatic carbocycles. The van der Waals surface area contributed by atoms with E-state index in [2.05, 4.69) is 33.5 Å². The Hall–Kier alpha value is -0.940. The molecule has 0 saturated heterocycles. The van der Waals surface area contributed by atoms with Gasteiger partial charge in [-0.15, -0.1) is 0 Å². The van der Waals surface area contributed by atoms with Crippen molar-refractivity contribution in [3.05, 3.63) is 28.2 Å². The molecule has 0 aliphatic rings. The normalized spacial score (nSPS) is 9.73. The van der Waals surface area contributed by atoms with Crippen LogP contribution in [-0.4, -0.2) is 10.9 Å². The van der Waals surface area contributed by atoms with E-state index < -0.39 is 0 Å². The summed E-state index contributed by atoms with van der Waals surface area (Å²) in [6.45, 7) is 1.95. The number of carbonyl (C=O) groups excluding carboxylic acids is 1. The molecule has 3 N–H and O–H groups in total. The van der Waals surface area contributed by atoms with Gasteiger partial charge in [0.15, 0.2) is 0 Å². The zero-order chi connectivity index (χ0) is 11.4. The van der Waals surface area contributed by atoms with Crippen molar-refractivity contribution in [3.8, 4) is 0 Å². The van der Waals surface area contributed by atoms with E-state index in [0.717, 1.165) is 15.7 Å². The van der Waals surface area contributed by atoms with Crippen molar-refractivity contribution in [1.82, 2.24) is 0 Å². The van der Waals surface area contributed by atoms with Crippen LogP contribution in [0.5, 0.6) is 0 Å². The Morgan fingerprint density at radius 3 is 2.80 bits per heavy atom. The van der Waals surface area contributed by atoms with E-state index in [1.165, 1.54) is 0 Å². The molecule has 1 amide bonds. The average Bonchev–Trinajstić information content (AvgIpc) is 2.10. The Kier molecular flexibility index (Phi) is 4.23. The topological polar surface area (TPSA) is 55.1 Å². The molecule has 0 aliphatic heterocycles. The Bertz CT molecular complexity index is 406. The predicted molar refractivity (Wildman–Crippen MR) is 68.9 cm³/mol. The maximum Gasteiger partial charge on any atom is 0.231 e. The maximum atomic E-state index is 11.3. The number of aryl methyl sites for hydroxylation is 1. The summed E-state index contributed by atoms with van der Waals surface area (Å²) in [5, 5.41) is 2.71. The van der Waals surface area contributed by atoms with Crippen LogP contribution >= 0.6 is 28.1 Å². The first-order valence-electron chi connectivity index (χ1n) is 4.33. The summed E-state index contributed by atoms with van der Waals surface area (Å²) in [5.74, 6) is -0.191.